The minimum absolute atomic E-state index is 0.151. The molecule has 0 unspecified atom stereocenters. The monoisotopic (exact) mass is 326 g/mol. The van der Waals surface area contributed by atoms with E-state index in [0.717, 1.165) is 19.4 Å². The molecule has 1 aromatic heterocycles. The number of H-pyrrole nitrogens is 1. The molecule has 1 N–H and O–H groups in total. The van der Waals surface area contributed by atoms with Gasteiger partial charge < -0.3 is 14.6 Å². The number of likely N-dealkylation sites (tertiary alicyclic amines) is 1. The van der Waals surface area contributed by atoms with Crippen molar-refractivity contribution in [3.8, 4) is 0 Å². The highest BCUT2D eigenvalue weighted by atomic mass is 16.6. The van der Waals surface area contributed by atoms with Crippen LogP contribution in [0.15, 0.2) is 30.5 Å². The molecule has 2 aromatic rings. The van der Waals surface area contributed by atoms with E-state index in [1.54, 1.807) is 0 Å². The van der Waals surface area contributed by atoms with E-state index in [1.165, 1.54) is 22.9 Å². The number of aromatic amines is 1. The molecule has 1 aromatic carbocycles. The van der Waals surface area contributed by atoms with Gasteiger partial charge in [0.15, 0.2) is 0 Å². The Hall–Kier alpha value is -1.97. The smallest absolute Gasteiger partial charge is 0.410 e. The molecule has 24 heavy (non-hydrogen) atoms. The molecule has 2 fully saturated rings. The van der Waals surface area contributed by atoms with Crippen molar-refractivity contribution >= 4 is 17.0 Å². The first-order valence-corrected chi connectivity index (χ1v) is 9.00. The van der Waals surface area contributed by atoms with Crippen LogP contribution in [0.2, 0.25) is 0 Å². The Morgan fingerprint density at radius 1 is 1.21 bits per heavy atom. The normalized spacial score (nSPS) is 26.8. The van der Waals surface area contributed by atoms with Gasteiger partial charge in [-0.05, 0) is 57.6 Å². The van der Waals surface area contributed by atoms with Gasteiger partial charge in [0.05, 0.1) is 0 Å². The molecule has 1 aliphatic heterocycles. The van der Waals surface area contributed by atoms with Gasteiger partial charge in [0, 0.05) is 35.6 Å². The van der Waals surface area contributed by atoms with Gasteiger partial charge in [-0.1, -0.05) is 18.2 Å². The number of rotatable bonds is 1. The fraction of sp³-hybridized carbons (Fsp3) is 0.550. The second-order valence-electron chi connectivity index (χ2n) is 8.19. The zero-order valence-electron chi connectivity index (χ0n) is 14.7. The summed E-state index contributed by atoms with van der Waals surface area (Å²) < 4.78 is 5.66. The number of fused-ring (bicyclic) bond motifs is 2. The summed E-state index contributed by atoms with van der Waals surface area (Å²) in [5.74, 6) is 1.01. The molecule has 4 nitrogen and oxygen atoms in total. The van der Waals surface area contributed by atoms with Gasteiger partial charge in [-0.15, -0.1) is 0 Å². The standard InChI is InChI=1S/C20H26N2O2/c1-20(2,3)24-19(23)22-11-10-13-8-9-15(18(13)22)16-12-21-17-7-5-4-6-14(16)17/h4-7,12-13,15,18,21H,8-11H2,1-3H3/t13-,15-,18+/m1/s1. The summed E-state index contributed by atoms with van der Waals surface area (Å²) in [6, 6.07) is 8.72. The number of ether oxygens (including phenoxy) is 1. The first kappa shape index (κ1) is 15.6. The van der Waals surface area contributed by atoms with E-state index in [-0.39, 0.29) is 12.1 Å². The molecular weight excluding hydrogens is 300 g/mol. The molecule has 4 heteroatoms. The fourth-order valence-electron chi connectivity index (χ4n) is 4.58. The number of hydrogen-bond donors (Lipinski definition) is 1. The highest BCUT2D eigenvalue weighted by Crippen LogP contribution is 2.48. The SMILES string of the molecule is CC(C)(C)OC(=O)N1CC[C@H]2CC[C@H](c3c[nH]c4ccccc34)[C@H]21. The molecule has 3 atom stereocenters. The van der Waals surface area contributed by atoms with Gasteiger partial charge in [-0.2, -0.15) is 0 Å². The highest BCUT2D eigenvalue weighted by molar-refractivity contribution is 5.84. The van der Waals surface area contributed by atoms with Crippen molar-refractivity contribution in [1.82, 2.24) is 9.88 Å². The lowest BCUT2D eigenvalue weighted by Gasteiger charge is -2.31. The number of nitrogens with one attached hydrogen (secondary N) is 1. The third-order valence-corrected chi connectivity index (χ3v) is 5.49. The predicted octanol–water partition coefficient (Wildman–Crippen LogP) is 4.67. The maximum Gasteiger partial charge on any atom is 0.410 e. The predicted molar refractivity (Wildman–Crippen MR) is 95.1 cm³/mol. The second kappa shape index (κ2) is 5.54. The van der Waals surface area contributed by atoms with Crippen LogP contribution in [0.3, 0.4) is 0 Å². The van der Waals surface area contributed by atoms with Crippen molar-refractivity contribution in [2.75, 3.05) is 6.54 Å². The van der Waals surface area contributed by atoms with Crippen molar-refractivity contribution in [3.05, 3.63) is 36.0 Å². The number of carbonyl (C=O) groups excluding carboxylic acids is 1. The molecule has 2 aliphatic rings. The Bertz CT molecular complexity index is 758. The number of nitrogens with zero attached hydrogens (tertiary/aromatic N) is 1. The molecule has 4 rings (SSSR count). The van der Waals surface area contributed by atoms with Crippen LogP contribution < -0.4 is 0 Å². The highest BCUT2D eigenvalue weighted by Gasteiger charge is 2.48. The van der Waals surface area contributed by atoms with Crippen LogP contribution in [0.4, 0.5) is 4.79 Å². The molecule has 1 saturated heterocycles. The summed E-state index contributed by atoms with van der Waals surface area (Å²) in [6.07, 6.45) is 5.44. The lowest BCUT2D eigenvalue weighted by atomic mass is 9.91. The van der Waals surface area contributed by atoms with Gasteiger partial charge in [0.25, 0.3) is 0 Å². The van der Waals surface area contributed by atoms with Gasteiger partial charge in [0.1, 0.15) is 5.60 Å². The molecule has 0 spiro atoms. The van der Waals surface area contributed by atoms with E-state index in [1.807, 2.05) is 25.7 Å². The van der Waals surface area contributed by atoms with Crippen molar-refractivity contribution < 1.29 is 9.53 Å². The molecule has 0 radical (unpaired) electrons. The quantitative estimate of drug-likeness (QED) is 0.827. The van der Waals surface area contributed by atoms with Crippen LogP contribution in [0.25, 0.3) is 10.9 Å². The summed E-state index contributed by atoms with van der Waals surface area (Å²) in [7, 11) is 0. The largest absolute Gasteiger partial charge is 0.444 e. The van der Waals surface area contributed by atoms with Crippen LogP contribution >= 0.6 is 0 Å². The topological polar surface area (TPSA) is 45.3 Å². The minimum atomic E-state index is -0.440. The minimum Gasteiger partial charge on any atom is -0.444 e. The molecule has 128 valence electrons. The fourth-order valence-corrected chi connectivity index (χ4v) is 4.58. The number of aromatic nitrogens is 1. The first-order valence-electron chi connectivity index (χ1n) is 9.00. The average Bonchev–Trinajstić information content (AvgIpc) is 3.18. The molecular formula is C20H26N2O2. The van der Waals surface area contributed by atoms with Crippen molar-refractivity contribution in [1.29, 1.82) is 0 Å². The van der Waals surface area contributed by atoms with E-state index in [9.17, 15) is 4.79 Å². The number of para-hydroxylation sites is 1. The van der Waals surface area contributed by atoms with Gasteiger partial charge in [-0.25, -0.2) is 4.79 Å². The number of amides is 1. The van der Waals surface area contributed by atoms with Crippen LogP contribution in [-0.4, -0.2) is 34.2 Å². The maximum atomic E-state index is 12.7. The van der Waals surface area contributed by atoms with Crippen molar-refractivity contribution in [2.45, 2.75) is 57.6 Å². The molecule has 1 aliphatic carbocycles. The van der Waals surface area contributed by atoms with Crippen LogP contribution in [0.1, 0.15) is 51.5 Å². The van der Waals surface area contributed by atoms with Crippen LogP contribution in [-0.2, 0) is 4.74 Å². The Morgan fingerprint density at radius 3 is 2.79 bits per heavy atom. The lowest BCUT2D eigenvalue weighted by molar-refractivity contribution is 0.0204. The summed E-state index contributed by atoms with van der Waals surface area (Å²) in [5, 5.41) is 1.29. The van der Waals surface area contributed by atoms with Gasteiger partial charge in [-0.3, -0.25) is 0 Å². The van der Waals surface area contributed by atoms with Gasteiger partial charge in [0.2, 0.25) is 0 Å². The summed E-state index contributed by atoms with van der Waals surface area (Å²) in [4.78, 5) is 18.1. The molecule has 2 heterocycles. The second-order valence-corrected chi connectivity index (χ2v) is 8.19. The Kier molecular flexibility index (Phi) is 3.59. The van der Waals surface area contributed by atoms with Crippen LogP contribution in [0.5, 0.6) is 0 Å². The third-order valence-electron chi connectivity index (χ3n) is 5.49. The summed E-state index contributed by atoms with van der Waals surface area (Å²) >= 11 is 0. The van der Waals surface area contributed by atoms with Gasteiger partial charge >= 0.3 is 6.09 Å². The van der Waals surface area contributed by atoms with E-state index in [4.69, 9.17) is 4.74 Å². The number of hydrogen-bond acceptors (Lipinski definition) is 2. The first-order chi connectivity index (χ1) is 11.4. The van der Waals surface area contributed by atoms with E-state index in [2.05, 4.69) is 35.4 Å². The summed E-state index contributed by atoms with van der Waals surface area (Å²) in [5.41, 5.74) is 2.09. The lowest BCUT2D eigenvalue weighted by Crippen LogP contribution is -2.42. The van der Waals surface area contributed by atoms with Crippen molar-refractivity contribution in [3.63, 3.8) is 0 Å². The molecule has 0 bridgehead atoms. The molecule has 1 saturated carbocycles. The van der Waals surface area contributed by atoms with E-state index >= 15 is 0 Å². The zero-order chi connectivity index (χ0) is 16.9. The van der Waals surface area contributed by atoms with E-state index in [0.29, 0.717) is 11.8 Å². The number of carbonyl (C=O) groups is 1. The zero-order valence-corrected chi connectivity index (χ0v) is 14.7. The maximum absolute atomic E-state index is 12.7. The summed E-state index contributed by atoms with van der Waals surface area (Å²) in [6.45, 7) is 6.63. The van der Waals surface area contributed by atoms with Crippen molar-refractivity contribution in [2.24, 2.45) is 5.92 Å². The number of benzene rings is 1. The Labute approximate surface area is 143 Å². The average molecular weight is 326 g/mol. The van der Waals surface area contributed by atoms with Crippen LogP contribution in [0, 0.1) is 5.92 Å². The Morgan fingerprint density at radius 2 is 2.00 bits per heavy atom. The Balaban J connectivity index is 1.64. The van der Waals surface area contributed by atoms with E-state index < -0.39 is 5.60 Å². The third kappa shape index (κ3) is 2.58. The molecule has 1 amide bonds.